The van der Waals surface area contributed by atoms with Crippen LogP contribution in [-0.2, 0) is 11.3 Å². The minimum Gasteiger partial charge on any atom is -0.355 e. The maximum absolute atomic E-state index is 11.5. The van der Waals surface area contributed by atoms with Gasteiger partial charge in [0.2, 0.25) is 5.91 Å². The Bertz CT molecular complexity index is 426. The van der Waals surface area contributed by atoms with Crippen LogP contribution < -0.4 is 16.0 Å². The molecule has 110 valence electrons. The largest absolute Gasteiger partial charge is 0.355 e. The fourth-order valence-electron chi connectivity index (χ4n) is 2.32. The fraction of sp³-hybridized carbons (Fsp3) is 0.571. The zero-order chi connectivity index (χ0) is 14.4. The van der Waals surface area contributed by atoms with Crippen LogP contribution in [0.15, 0.2) is 18.3 Å². The molecule has 1 amide bonds. The molecule has 6 nitrogen and oxygen atoms in total. The van der Waals surface area contributed by atoms with E-state index in [0.29, 0.717) is 19.6 Å². The van der Waals surface area contributed by atoms with Gasteiger partial charge in [-0.25, -0.2) is 4.98 Å². The number of pyridine rings is 1. The summed E-state index contributed by atoms with van der Waals surface area (Å²) in [6.07, 6.45) is 1.83. The van der Waals surface area contributed by atoms with E-state index in [4.69, 9.17) is 5.73 Å². The second kappa shape index (κ2) is 7.21. The van der Waals surface area contributed by atoms with Crippen molar-refractivity contribution in [1.82, 2.24) is 15.2 Å². The molecular formula is C14H23N5O. The number of piperazine rings is 1. The van der Waals surface area contributed by atoms with Crippen LogP contribution in [0, 0.1) is 0 Å². The molecule has 2 rings (SSSR count). The quantitative estimate of drug-likeness (QED) is 0.779. The number of carbonyl (C=O) groups excluding carboxylic acids is 1. The van der Waals surface area contributed by atoms with Crippen molar-refractivity contribution >= 4 is 11.7 Å². The molecule has 2 heterocycles. The first-order valence-corrected chi connectivity index (χ1v) is 7.12. The highest BCUT2D eigenvalue weighted by Gasteiger charge is 2.19. The predicted octanol–water partition coefficient (Wildman–Crippen LogP) is -0.202. The van der Waals surface area contributed by atoms with Crippen LogP contribution in [0.1, 0.15) is 12.5 Å². The van der Waals surface area contributed by atoms with E-state index in [2.05, 4.69) is 20.1 Å². The van der Waals surface area contributed by atoms with E-state index in [0.717, 1.165) is 37.6 Å². The standard InChI is InChI=1S/C14H23N5O/c1-2-16-14(20)11-18-5-7-19(8-6-18)13-4-3-12(9-15)10-17-13/h3-4,10H,2,5-9,11,15H2,1H3,(H,16,20). The Morgan fingerprint density at radius 2 is 2.10 bits per heavy atom. The van der Waals surface area contributed by atoms with Gasteiger partial charge in [-0.05, 0) is 18.6 Å². The van der Waals surface area contributed by atoms with Crippen molar-refractivity contribution in [2.75, 3.05) is 44.2 Å². The number of hydrogen-bond acceptors (Lipinski definition) is 5. The van der Waals surface area contributed by atoms with Crippen molar-refractivity contribution in [2.24, 2.45) is 5.73 Å². The average molecular weight is 277 g/mol. The Kier molecular flexibility index (Phi) is 5.31. The number of nitrogens with zero attached hydrogens (tertiary/aromatic N) is 3. The Labute approximate surface area is 120 Å². The summed E-state index contributed by atoms with van der Waals surface area (Å²) >= 11 is 0. The van der Waals surface area contributed by atoms with Crippen LogP contribution in [0.25, 0.3) is 0 Å². The van der Waals surface area contributed by atoms with E-state index < -0.39 is 0 Å². The fourth-order valence-corrected chi connectivity index (χ4v) is 2.32. The third-order valence-corrected chi connectivity index (χ3v) is 3.48. The molecule has 0 atom stereocenters. The molecule has 6 heteroatoms. The molecule has 1 aromatic heterocycles. The van der Waals surface area contributed by atoms with E-state index in [1.807, 2.05) is 25.3 Å². The smallest absolute Gasteiger partial charge is 0.234 e. The number of nitrogens with one attached hydrogen (secondary N) is 1. The molecule has 1 aliphatic rings. The third kappa shape index (κ3) is 3.91. The van der Waals surface area contributed by atoms with Crippen LogP contribution in [0.3, 0.4) is 0 Å². The second-order valence-electron chi connectivity index (χ2n) is 4.95. The molecular weight excluding hydrogens is 254 g/mol. The molecule has 0 radical (unpaired) electrons. The first-order valence-electron chi connectivity index (χ1n) is 7.12. The predicted molar refractivity (Wildman–Crippen MR) is 79.5 cm³/mol. The maximum Gasteiger partial charge on any atom is 0.234 e. The van der Waals surface area contributed by atoms with E-state index in [-0.39, 0.29) is 5.91 Å². The molecule has 0 aliphatic carbocycles. The van der Waals surface area contributed by atoms with E-state index >= 15 is 0 Å². The summed E-state index contributed by atoms with van der Waals surface area (Å²) in [5.41, 5.74) is 6.61. The normalized spacial score (nSPS) is 16.2. The van der Waals surface area contributed by atoms with Gasteiger partial charge >= 0.3 is 0 Å². The van der Waals surface area contributed by atoms with Crippen LogP contribution in [0.4, 0.5) is 5.82 Å². The van der Waals surface area contributed by atoms with E-state index in [1.54, 1.807) is 0 Å². The maximum atomic E-state index is 11.5. The van der Waals surface area contributed by atoms with Crippen molar-refractivity contribution in [3.05, 3.63) is 23.9 Å². The van der Waals surface area contributed by atoms with Gasteiger partial charge in [-0.3, -0.25) is 9.69 Å². The van der Waals surface area contributed by atoms with Gasteiger partial charge in [0.1, 0.15) is 5.82 Å². The molecule has 0 spiro atoms. The van der Waals surface area contributed by atoms with Crippen LogP contribution in [0.2, 0.25) is 0 Å². The monoisotopic (exact) mass is 277 g/mol. The molecule has 20 heavy (non-hydrogen) atoms. The topological polar surface area (TPSA) is 74.5 Å². The highest BCUT2D eigenvalue weighted by molar-refractivity contribution is 5.77. The minimum atomic E-state index is 0.103. The summed E-state index contributed by atoms with van der Waals surface area (Å²) in [5, 5.41) is 2.83. The van der Waals surface area contributed by atoms with Gasteiger partial charge in [0, 0.05) is 45.5 Å². The molecule has 1 aliphatic heterocycles. The number of likely N-dealkylation sites (N-methyl/N-ethyl adjacent to an activating group) is 1. The van der Waals surface area contributed by atoms with Crippen molar-refractivity contribution in [3.8, 4) is 0 Å². The zero-order valence-electron chi connectivity index (χ0n) is 12.0. The average Bonchev–Trinajstić information content (AvgIpc) is 2.48. The van der Waals surface area contributed by atoms with Gasteiger partial charge in [-0.1, -0.05) is 6.07 Å². The number of nitrogens with two attached hydrogens (primary N) is 1. The van der Waals surface area contributed by atoms with E-state index in [1.165, 1.54) is 0 Å². The molecule has 3 N–H and O–H groups in total. The van der Waals surface area contributed by atoms with Gasteiger partial charge in [0.05, 0.1) is 6.54 Å². The molecule has 0 unspecified atom stereocenters. The second-order valence-corrected chi connectivity index (χ2v) is 4.95. The van der Waals surface area contributed by atoms with Crippen LogP contribution in [0.5, 0.6) is 0 Å². The Balaban J connectivity index is 1.82. The Hall–Kier alpha value is -1.66. The number of amides is 1. The lowest BCUT2D eigenvalue weighted by Crippen LogP contribution is -2.49. The summed E-state index contributed by atoms with van der Waals surface area (Å²) in [7, 11) is 0. The minimum absolute atomic E-state index is 0.103. The van der Waals surface area contributed by atoms with Gasteiger partial charge in [-0.2, -0.15) is 0 Å². The summed E-state index contributed by atoms with van der Waals surface area (Å²) in [4.78, 5) is 20.4. The summed E-state index contributed by atoms with van der Waals surface area (Å²) in [6, 6.07) is 4.03. The van der Waals surface area contributed by atoms with Crippen molar-refractivity contribution in [1.29, 1.82) is 0 Å². The molecule has 1 aromatic rings. The van der Waals surface area contributed by atoms with E-state index in [9.17, 15) is 4.79 Å². The molecule has 0 aromatic carbocycles. The SMILES string of the molecule is CCNC(=O)CN1CCN(c2ccc(CN)cn2)CC1. The number of carbonyl (C=O) groups is 1. The van der Waals surface area contributed by atoms with Gasteiger partial charge in [-0.15, -0.1) is 0 Å². The summed E-state index contributed by atoms with van der Waals surface area (Å²) in [6.45, 7) is 7.20. The van der Waals surface area contributed by atoms with Gasteiger partial charge < -0.3 is 16.0 Å². The first kappa shape index (κ1) is 14.7. The zero-order valence-corrected chi connectivity index (χ0v) is 12.0. The highest BCUT2D eigenvalue weighted by Crippen LogP contribution is 2.13. The van der Waals surface area contributed by atoms with Crippen molar-refractivity contribution in [2.45, 2.75) is 13.5 Å². The van der Waals surface area contributed by atoms with Crippen molar-refractivity contribution < 1.29 is 4.79 Å². The number of hydrogen-bond donors (Lipinski definition) is 2. The summed E-state index contributed by atoms with van der Waals surface area (Å²) < 4.78 is 0. The highest BCUT2D eigenvalue weighted by atomic mass is 16.2. The van der Waals surface area contributed by atoms with Crippen LogP contribution >= 0.6 is 0 Å². The number of aromatic nitrogens is 1. The molecule has 1 fully saturated rings. The van der Waals surface area contributed by atoms with Gasteiger partial charge in [0.25, 0.3) is 0 Å². The van der Waals surface area contributed by atoms with Crippen LogP contribution in [-0.4, -0.2) is 55.1 Å². The lowest BCUT2D eigenvalue weighted by molar-refractivity contribution is -0.122. The first-order chi connectivity index (χ1) is 9.72. The number of anilines is 1. The molecule has 0 saturated carbocycles. The third-order valence-electron chi connectivity index (χ3n) is 3.48. The lowest BCUT2D eigenvalue weighted by Gasteiger charge is -2.35. The Morgan fingerprint density at radius 3 is 2.65 bits per heavy atom. The lowest BCUT2D eigenvalue weighted by atomic mass is 10.2. The molecule has 1 saturated heterocycles. The van der Waals surface area contributed by atoms with Gasteiger partial charge in [0.15, 0.2) is 0 Å². The Morgan fingerprint density at radius 1 is 1.35 bits per heavy atom. The summed E-state index contributed by atoms with van der Waals surface area (Å²) in [5.74, 6) is 1.09. The molecule has 0 bridgehead atoms. The van der Waals surface area contributed by atoms with Crippen molar-refractivity contribution in [3.63, 3.8) is 0 Å². The number of rotatable bonds is 5.